The highest BCUT2D eigenvalue weighted by molar-refractivity contribution is 5.77. The molecule has 1 saturated heterocycles. The van der Waals surface area contributed by atoms with E-state index in [1.165, 1.54) is 12.8 Å². The van der Waals surface area contributed by atoms with E-state index in [0.717, 1.165) is 24.1 Å². The lowest BCUT2D eigenvalue weighted by Crippen LogP contribution is -2.47. The van der Waals surface area contributed by atoms with Crippen LogP contribution < -0.4 is 5.56 Å². The van der Waals surface area contributed by atoms with E-state index in [0.29, 0.717) is 37.0 Å². The Hall–Kier alpha value is -2.21. The first-order chi connectivity index (χ1) is 13.0. The van der Waals surface area contributed by atoms with Crippen molar-refractivity contribution in [1.82, 2.24) is 19.8 Å². The van der Waals surface area contributed by atoms with Gasteiger partial charge in [-0.25, -0.2) is 4.98 Å². The maximum Gasteiger partial charge on any atom is 0.271 e. The Bertz CT molecular complexity index is 887. The number of aromatic nitrogens is 2. The Morgan fingerprint density at radius 1 is 1.22 bits per heavy atom. The summed E-state index contributed by atoms with van der Waals surface area (Å²) in [7, 11) is 0. The van der Waals surface area contributed by atoms with Gasteiger partial charge in [0.1, 0.15) is 5.69 Å². The molecular formula is C21H28N4O2. The van der Waals surface area contributed by atoms with E-state index in [1.54, 1.807) is 0 Å². The third-order valence-electron chi connectivity index (χ3n) is 5.77. The summed E-state index contributed by atoms with van der Waals surface area (Å²) in [6.07, 6.45) is 3.00. The third-order valence-corrected chi connectivity index (χ3v) is 5.77. The molecular weight excluding hydrogens is 340 g/mol. The summed E-state index contributed by atoms with van der Waals surface area (Å²) in [5.74, 6) is 1.33. The molecule has 0 spiro atoms. The van der Waals surface area contributed by atoms with Crippen LogP contribution in [0.4, 0.5) is 0 Å². The van der Waals surface area contributed by atoms with Crippen LogP contribution in [0, 0.1) is 11.8 Å². The highest BCUT2D eigenvalue weighted by Gasteiger charge is 2.35. The fourth-order valence-corrected chi connectivity index (χ4v) is 3.95. The van der Waals surface area contributed by atoms with E-state index < -0.39 is 0 Å². The molecule has 6 heteroatoms. The topological polar surface area (TPSA) is 69.3 Å². The van der Waals surface area contributed by atoms with Crippen molar-refractivity contribution < 1.29 is 4.79 Å². The molecule has 1 aliphatic heterocycles. The smallest absolute Gasteiger partial charge is 0.271 e. The standard InChI is InChI=1S/C21H28N4O2/c1-14(2)19-13-24(10-9-20(26)25(19)11-15-7-8-15)12-18-21(27)23-17-6-4-3-5-16(17)22-18/h3-6,14-15,19H,7-13H2,1-2H3,(H,23,27)/t19-/m1/s1. The van der Waals surface area contributed by atoms with E-state index in [4.69, 9.17) is 0 Å². The van der Waals surface area contributed by atoms with E-state index >= 15 is 0 Å². The number of nitrogens with zero attached hydrogens (tertiary/aromatic N) is 3. The van der Waals surface area contributed by atoms with E-state index in [1.807, 2.05) is 24.3 Å². The van der Waals surface area contributed by atoms with Crippen LogP contribution >= 0.6 is 0 Å². The molecule has 0 radical (unpaired) electrons. The largest absolute Gasteiger partial charge is 0.338 e. The lowest BCUT2D eigenvalue weighted by Gasteiger charge is -2.34. The van der Waals surface area contributed by atoms with Crippen molar-refractivity contribution in [3.05, 3.63) is 40.3 Å². The first kappa shape index (κ1) is 18.2. The maximum atomic E-state index is 12.7. The summed E-state index contributed by atoms with van der Waals surface area (Å²) in [5, 5.41) is 0. The quantitative estimate of drug-likeness (QED) is 0.880. The number of carbonyl (C=O) groups excluding carboxylic acids is 1. The molecule has 1 N–H and O–H groups in total. The SMILES string of the molecule is CC(C)[C@H]1CN(Cc2nc3ccccc3[nH]c2=O)CCC(=O)N1CC1CC1. The van der Waals surface area contributed by atoms with Crippen LogP contribution in [0.3, 0.4) is 0 Å². The van der Waals surface area contributed by atoms with Gasteiger partial charge in [0.25, 0.3) is 5.56 Å². The second-order valence-electron chi connectivity index (χ2n) is 8.32. The van der Waals surface area contributed by atoms with Gasteiger partial charge in [-0.3, -0.25) is 14.5 Å². The van der Waals surface area contributed by atoms with Gasteiger partial charge in [0.2, 0.25) is 5.91 Å². The van der Waals surface area contributed by atoms with Crippen LogP contribution in [0.25, 0.3) is 11.0 Å². The number of hydrogen-bond acceptors (Lipinski definition) is 4. The number of hydrogen-bond donors (Lipinski definition) is 1. The van der Waals surface area contributed by atoms with Crippen LogP contribution in [0.5, 0.6) is 0 Å². The Morgan fingerprint density at radius 3 is 2.74 bits per heavy atom. The highest BCUT2D eigenvalue weighted by Crippen LogP contribution is 2.32. The summed E-state index contributed by atoms with van der Waals surface area (Å²) in [6.45, 7) is 7.21. The fraction of sp³-hybridized carbons (Fsp3) is 0.571. The number of amides is 1. The van der Waals surface area contributed by atoms with E-state index in [2.05, 4.69) is 33.6 Å². The summed E-state index contributed by atoms with van der Waals surface area (Å²) in [5.41, 5.74) is 1.95. The zero-order valence-corrected chi connectivity index (χ0v) is 16.1. The second-order valence-corrected chi connectivity index (χ2v) is 8.32. The van der Waals surface area contributed by atoms with E-state index in [-0.39, 0.29) is 17.5 Å². The summed E-state index contributed by atoms with van der Waals surface area (Å²) >= 11 is 0. The first-order valence-corrected chi connectivity index (χ1v) is 10.0. The first-order valence-electron chi connectivity index (χ1n) is 10.0. The van der Waals surface area contributed by atoms with Crippen LogP contribution in [-0.2, 0) is 11.3 Å². The average molecular weight is 368 g/mol. The van der Waals surface area contributed by atoms with Crippen LogP contribution in [-0.4, -0.2) is 51.4 Å². The van der Waals surface area contributed by atoms with Gasteiger partial charge in [-0.15, -0.1) is 0 Å². The average Bonchev–Trinajstić information content (AvgIpc) is 3.47. The number of benzene rings is 1. The number of aromatic amines is 1. The maximum absolute atomic E-state index is 12.7. The van der Waals surface area contributed by atoms with Gasteiger partial charge in [-0.05, 0) is 36.8 Å². The zero-order valence-electron chi connectivity index (χ0n) is 16.1. The minimum atomic E-state index is -0.139. The fourth-order valence-electron chi connectivity index (χ4n) is 3.95. The van der Waals surface area contributed by atoms with Gasteiger partial charge in [0, 0.05) is 38.6 Å². The van der Waals surface area contributed by atoms with Gasteiger partial charge in [0.05, 0.1) is 11.0 Å². The Kier molecular flexibility index (Phi) is 5.00. The molecule has 2 heterocycles. The van der Waals surface area contributed by atoms with Gasteiger partial charge in [-0.2, -0.15) is 0 Å². The van der Waals surface area contributed by atoms with Crippen molar-refractivity contribution in [3.63, 3.8) is 0 Å². The van der Waals surface area contributed by atoms with Crippen molar-refractivity contribution in [2.75, 3.05) is 19.6 Å². The summed E-state index contributed by atoms with van der Waals surface area (Å²) in [6, 6.07) is 7.78. The number of para-hydroxylation sites is 2. The molecule has 1 aromatic carbocycles. The number of H-pyrrole nitrogens is 1. The molecule has 2 aromatic rings. The zero-order chi connectivity index (χ0) is 19.0. The van der Waals surface area contributed by atoms with Crippen molar-refractivity contribution in [2.24, 2.45) is 11.8 Å². The van der Waals surface area contributed by atoms with Crippen molar-refractivity contribution in [3.8, 4) is 0 Å². The van der Waals surface area contributed by atoms with Gasteiger partial charge < -0.3 is 9.88 Å². The highest BCUT2D eigenvalue weighted by atomic mass is 16.2. The van der Waals surface area contributed by atoms with Crippen molar-refractivity contribution >= 4 is 16.9 Å². The summed E-state index contributed by atoms with van der Waals surface area (Å²) < 4.78 is 0. The molecule has 1 aliphatic carbocycles. The van der Waals surface area contributed by atoms with Gasteiger partial charge in [0.15, 0.2) is 0 Å². The number of rotatable bonds is 5. The molecule has 1 atom stereocenters. The second kappa shape index (κ2) is 7.43. The molecule has 0 bridgehead atoms. The molecule has 4 rings (SSSR count). The predicted octanol–water partition coefficient (Wildman–Crippen LogP) is 2.39. The van der Waals surface area contributed by atoms with Gasteiger partial charge in [-0.1, -0.05) is 26.0 Å². The molecule has 2 aliphatic rings. The third kappa shape index (κ3) is 4.05. The Labute approximate surface area is 159 Å². The van der Waals surface area contributed by atoms with E-state index in [9.17, 15) is 9.59 Å². The minimum absolute atomic E-state index is 0.139. The molecule has 6 nitrogen and oxygen atoms in total. The number of nitrogens with one attached hydrogen (secondary N) is 1. The molecule has 1 saturated carbocycles. The van der Waals surface area contributed by atoms with Crippen molar-refractivity contribution in [2.45, 2.75) is 45.7 Å². The number of fused-ring (bicyclic) bond motifs is 1. The van der Waals surface area contributed by atoms with Gasteiger partial charge >= 0.3 is 0 Å². The monoisotopic (exact) mass is 368 g/mol. The Balaban J connectivity index is 1.56. The van der Waals surface area contributed by atoms with Crippen LogP contribution in [0.1, 0.15) is 38.8 Å². The Morgan fingerprint density at radius 2 is 2.00 bits per heavy atom. The van der Waals surface area contributed by atoms with Crippen LogP contribution in [0.15, 0.2) is 29.1 Å². The molecule has 27 heavy (non-hydrogen) atoms. The predicted molar refractivity (Wildman–Crippen MR) is 105 cm³/mol. The lowest BCUT2D eigenvalue weighted by molar-refractivity contribution is -0.133. The normalized spacial score (nSPS) is 21.8. The number of carbonyl (C=O) groups is 1. The lowest BCUT2D eigenvalue weighted by atomic mass is 10.0. The molecule has 1 amide bonds. The van der Waals surface area contributed by atoms with Crippen molar-refractivity contribution in [1.29, 1.82) is 0 Å². The molecule has 0 unspecified atom stereocenters. The molecule has 2 fully saturated rings. The molecule has 1 aromatic heterocycles. The minimum Gasteiger partial charge on any atom is -0.338 e. The summed E-state index contributed by atoms with van der Waals surface area (Å²) in [4.78, 5) is 37.1. The molecule has 144 valence electrons. The van der Waals surface area contributed by atoms with Crippen LogP contribution in [0.2, 0.25) is 0 Å².